The molecule has 17 heavy (non-hydrogen) atoms. The third-order valence-electron chi connectivity index (χ3n) is 3.22. The molecule has 1 N–H and O–H groups in total. The first kappa shape index (κ1) is 10.4. The van der Waals surface area contributed by atoms with Crippen molar-refractivity contribution in [1.82, 2.24) is 9.55 Å². The van der Waals surface area contributed by atoms with E-state index in [4.69, 9.17) is 0 Å². The van der Waals surface area contributed by atoms with Gasteiger partial charge in [0.15, 0.2) is 0 Å². The van der Waals surface area contributed by atoms with Crippen molar-refractivity contribution in [3.63, 3.8) is 0 Å². The Bertz CT molecular complexity index is 528. The lowest BCUT2D eigenvalue weighted by atomic mass is 9.99. The molecule has 0 saturated carbocycles. The van der Waals surface area contributed by atoms with Crippen molar-refractivity contribution < 1.29 is 0 Å². The highest BCUT2D eigenvalue weighted by molar-refractivity contribution is 5.64. The van der Waals surface area contributed by atoms with Gasteiger partial charge in [0.25, 0.3) is 0 Å². The number of imidazole rings is 1. The molecule has 0 fully saturated rings. The van der Waals surface area contributed by atoms with E-state index < -0.39 is 0 Å². The predicted molar refractivity (Wildman–Crippen MR) is 69.4 cm³/mol. The van der Waals surface area contributed by atoms with Crippen molar-refractivity contribution in [2.75, 3.05) is 5.32 Å². The van der Waals surface area contributed by atoms with E-state index in [1.165, 1.54) is 17.1 Å². The van der Waals surface area contributed by atoms with Crippen molar-refractivity contribution >= 4 is 5.69 Å². The summed E-state index contributed by atoms with van der Waals surface area (Å²) >= 11 is 0. The van der Waals surface area contributed by atoms with Gasteiger partial charge in [-0.05, 0) is 24.5 Å². The summed E-state index contributed by atoms with van der Waals surface area (Å²) in [6, 6.07) is 8.75. The van der Waals surface area contributed by atoms with Crippen LogP contribution in [0.2, 0.25) is 0 Å². The maximum atomic E-state index is 4.28. The summed E-state index contributed by atoms with van der Waals surface area (Å²) in [4.78, 5) is 4.28. The molecule has 88 valence electrons. The molecule has 0 amide bonds. The molecular formula is C14H17N3. The van der Waals surface area contributed by atoms with Gasteiger partial charge in [-0.15, -0.1) is 0 Å². The first-order valence-corrected chi connectivity index (χ1v) is 6.14. The Hall–Kier alpha value is -1.77. The molecule has 3 heteroatoms. The minimum absolute atomic E-state index is 0.368. The molecule has 0 spiro atoms. The molecule has 0 aliphatic carbocycles. The molecule has 0 radical (unpaired) electrons. The standard InChI is InChI=1S/C14H17N3/c1-10(2)7-12-14-8-15-9-17(14)13-6-4-3-5-11(13)16-12/h3-6,8-10,12,16H,7H2,1-2H3/t12-/m1/s1. The number of hydrogen-bond acceptors (Lipinski definition) is 2. The minimum atomic E-state index is 0.368. The summed E-state index contributed by atoms with van der Waals surface area (Å²) in [5.41, 5.74) is 3.65. The van der Waals surface area contributed by atoms with Gasteiger partial charge in [-0.3, -0.25) is 4.57 Å². The van der Waals surface area contributed by atoms with E-state index in [2.05, 4.69) is 53.0 Å². The zero-order chi connectivity index (χ0) is 11.8. The van der Waals surface area contributed by atoms with Gasteiger partial charge >= 0.3 is 0 Å². The summed E-state index contributed by atoms with van der Waals surface area (Å²) in [6.45, 7) is 4.51. The van der Waals surface area contributed by atoms with E-state index in [-0.39, 0.29) is 0 Å². The van der Waals surface area contributed by atoms with Gasteiger partial charge in [-0.1, -0.05) is 26.0 Å². The van der Waals surface area contributed by atoms with E-state index in [0.29, 0.717) is 12.0 Å². The fraction of sp³-hybridized carbons (Fsp3) is 0.357. The number of para-hydroxylation sites is 2. The Morgan fingerprint density at radius 3 is 3.00 bits per heavy atom. The van der Waals surface area contributed by atoms with Crippen LogP contribution in [0.3, 0.4) is 0 Å². The highest BCUT2D eigenvalue weighted by Gasteiger charge is 2.24. The van der Waals surface area contributed by atoms with Crippen LogP contribution in [0.4, 0.5) is 5.69 Å². The van der Waals surface area contributed by atoms with E-state index in [9.17, 15) is 0 Å². The summed E-state index contributed by atoms with van der Waals surface area (Å²) in [5, 5.41) is 3.61. The van der Waals surface area contributed by atoms with Crippen LogP contribution in [0.25, 0.3) is 5.69 Å². The van der Waals surface area contributed by atoms with E-state index in [1.54, 1.807) is 0 Å². The summed E-state index contributed by atoms with van der Waals surface area (Å²) in [5.74, 6) is 0.668. The van der Waals surface area contributed by atoms with Gasteiger partial charge in [0, 0.05) is 0 Å². The number of benzene rings is 1. The van der Waals surface area contributed by atoms with Crippen LogP contribution in [0.1, 0.15) is 32.0 Å². The second-order valence-electron chi connectivity index (χ2n) is 5.03. The van der Waals surface area contributed by atoms with E-state index in [1.807, 2.05) is 12.5 Å². The number of aromatic nitrogens is 2. The lowest BCUT2D eigenvalue weighted by molar-refractivity contribution is 0.514. The van der Waals surface area contributed by atoms with Crippen LogP contribution in [0, 0.1) is 5.92 Å². The second-order valence-corrected chi connectivity index (χ2v) is 5.03. The van der Waals surface area contributed by atoms with Gasteiger partial charge in [0.05, 0.1) is 35.6 Å². The molecule has 3 rings (SSSR count). The van der Waals surface area contributed by atoms with Crippen LogP contribution >= 0.6 is 0 Å². The second kappa shape index (κ2) is 3.91. The topological polar surface area (TPSA) is 29.9 Å². The Kier molecular flexibility index (Phi) is 2.39. The van der Waals surface area contributed by atoms with Gasteiger partial charge < -0.3 is 5.32 Å². The first-order valence-electron chi connectivity index (χ1n) is 6.14. The van der Waals surface area contributed by atoms with Crippen molar-refractivity contribution in [2.24, 2.45) is 5.92 Å². The smallest absolute Gasteiger partial charge is 0.0995 e. The van der Waals surface area contributed by atoms with Crippen molar-refractivity contribution in [1.29, 1.82) is 0 Å². The average molecular weight is 227 g/mol. The Balaban J connectivity index is 2.06. The summed E-state index contributed by atoms with van der Waals surface area (Å²) in [6.07, 6.45) is 5.00. The Labute approximate surface area is 101 Å². The summed E-state index contributed by atoms with van der Waals surface area (Å²) < 4.78 is 2.19. The lowest BCUT2D eigenvalue weighted by Crippen LogP contribution is -2.22. The highest BCUT2D eigenvalue weighted by atomic mass is 15.1. The molecule has 1 aliphatic rings. The number of hydrogen-bond donors (Lipinski definition) is 1. The normalized spacial score (nSPS) is 17.5. The van der Waals surface area contributed by atoms with Crippen LogP contribution in [0.5, 0.6) is 0 Å². The van der Waals surface area contributed by atoms with Gasteiger partial charge in [0.1, 0.15) is 0 Å². The van der Waals surface area contributed by atoms with E-state index >= 15 is 0 Å². The minimum Gasteiger partial charge on any atom is -0.375 e. The number of rotatable bonds is 2. The third kappa shape index (κ3) is 1.71. The molecule has 0 bridgehead atoms. The first-order chi connectivity index (χ1) is 8.25. The van der Waals surface area contributed by atoms with Crippen molar-refractivity contribution in [3.8, 4) is 5.69 Å². The van der Waals surface area contributed by atoms with Crippen LogP contribution < -0.4 is 5.32 Å². The monoisotopic (exact) mass is 227 g/mol. The molecule has 1 atom stereocenters. The molecule has 1 aromatic carbocycles. The summed E-state index contributed by atoms with van der Waals surface area (Å²) in [7, 11) is 0. The van der Waals surface area contributed by atoms with E-state index in [0.717, 1.165) is 6.42 Å². The van der Waals surface area contributed by atoms with Crippen LogP contribution in [-0.4, -0.2) is 9.55 Å². The third-order valence-corrected chi connectivity index (χ3v) is 3.22. The Morgan fingerprint density at radius 2 is 2.18 bits per heavy atom. The van der Waals surface area contributed by atoms with Crippen molar-refractivity contribution in [2.45, 2.75) is 26.3 Å². The zero-order valence-corrected chi connectivity index (χ0v) is 10.2. The average Bonchev–Trinajstić information content (AvgIpc) is 2.78. The maximum Gasteiger partial charge on any atom is 0.0995 e. The number of fused-ring (bicyclic) bond motifs is 3. The molecule has 1 aliphatic heterocycles. The van der Waals surface area contributed by atoms with Crippen LogP contribution in [0.15, 0.2) is 36.8 Å². The number of anilines is 1. The van der Waals surface area contributed by atoms with Crippen LogP contribution in [-0.2, 0) is 0 Å². The lowest BCUT2D eigenvalue weighted by Gasteiger charge is -2.29. The number of nitrogens with one attached hydrogen (secondary N) is 1. The number of nitrogens with zero attached hydrogens (tertiary/aromatic N) is 2. The molecular weight excluding hydrogens is 210 g/mol. The van der Waals surface area contributed by atoms with Gasteiger partial charge in [-0.2, -0.15) is 0 Å². The van der Waals surface area contributed by atoms with Gasteiger partial charge in [0.2, 0.25) is 0 Å². The SMILES string of the molecule is CC(C)C[C@H]1Nc2ccccc2-n2cncc21. The molecule has 1 aromatic heterocycles. The highest BCUT2D eigenvalue weighted by Crippen LogP contribution is 2.35. The quantitative estimate of drug-likeness (QED) is 0.852. The molecule has 0 saturated heterocycles. The largest absolute Gasteiger partial charge is 0.375 e. The molecule has 2 heterocycles. The van der Waals surface area contributed by atoms with Gasteiger partial charge in [-0.25, -0.2) is 4.98 Å². The fourth-order valence-corrected chi connectivity index (χ4v) is 2.48. The maximum absolute atomic E-state index is 4.28. The molecule has 3 nitrogen and oxygen atoms in total. The fourth-order valence-electron chi connectivity index (χ4n) is 2.48. The zero-order valence-electron chi connectivity index (χ0n) is 10.2. The Morgan fingerprint density at radius 1 is 1.35 bits per heavy atom. The molecule has 0 unspecified atom stereocenters. The predicted octanol–water partition coefficient (Wildman–Crippen LogP) is 3.39. The molecule has 2 aromatic rings. The van der Waals surface area contributed by atoms with Crippen molar-refractivity contribution in [3.05, 3.63) is 42.5 Å².